The predicted octanol–water partition coefficient (Wildman–Crippen LogP) is 5.39. The number of rotatable bonds is 4. The Hall–Kier alpha value is -2.78. The van der Waals surface area contributed by atoms with E-state index in [1.807, 2.05) is 36.4 Å². The normalized spacial score (nSPS) is 10.8. The number of hydrogen-bond donors (Lipinski definition) is 0. The third kappa shape index (κ3) is 2.99. The molecule has 2 nitrogen and oxygen atoms in total. The first kappa shape index (κ1) is 14.8. The number of pyridine rings is 1. The Labute approximate surface area is 144 Å². The Bertz CT molecular complexity index is 1000. The summed E-state index contributed by atoms with van der Waals surface area (Å²) in [6, 6.07) is 22.5. The van der Waals surface area contributed by atoms with Crippen LogP contribution in [-0.2, 0) is 6.42 Å². The smallest absolute Gasteiger partial charge is 0.177 e. The summed E-state index contributed by atoms with van der Waals surface area (Å²) in [6.07, 6.45) is 3.86. The molecule has 0 saturated carbocycles. The van der Waals surface area contributed by atoms with Crippen LogP contribution in [0.5, 0.6) is 0 Å². The molecule has 4 rings (SSSR count). The highest BCUT2D eigenvalue weighted by Crippen LogP contribution is 2.31. The van der Waals surface area contributed by atoms with Crippen LogP contribution in [-0.4, -0.2) is 10.8 Å². The Morgan fingerprint density at radius 3 is 2.62 bits per heavy atom. The summed E-state index contributed by atoms with van der Waals surface area (Å²) in [6.45, 7) is 0. The molecule has 0 N–H and O–H groups in total. The molecule has 2 aromatic carbocycles. The second-order valence-corrected chi connectivity index (χ2v) is 6.77. The molecule has 3 heteroatoms. The van der Waals surface area contributed by atoms with Crippen LogP contribution in [0.1, 0.15) is 15.2 Å². The minimum absolute atomic E-state index is 0.139. The van der Waals surface area contributed by atoms with Crippen molar-refractivity contribution in [2.24, 2.45) is 0 Å². The lowest BCUT2D eigenvalue weighted by molar-refractivity contribution is 0.0996. The highest BCUT2D eigenvalue weighted by Gasteiger charge is 2.11. The van der Waals surface area contributed by atoms with Gasteiger partial charge in [-0.15, -0.1) is 11.3 Å². The summed E-state index contributed by atoms with van der Waals surface area (Å²) in [7, 11) is 0. The van der Waals surface area contributed by atoms with Crippen LogP contribution in [0.3, 0.4) is 0 Å². The largest absolute Gasteiger partial charge is 0.293 e. The second kappa shape index (κ2) is 6.38. The molecule has 0 bridgehead atoms. The number of hydrogen-bond acceptors (Lipinski definition) is 3. The lowest BCUT2D eigenvalue weighted by Gasteiger charge is -2.01. The lowest BCUT2D eigenvalue weighted by atomic mass is 10.1. The van der Waals surface area contributed by atoms with Gasteiger partial charge in [0, 0.05) is 23.7 Å². The predicted molar refractivity (Wildman–Crippen MR) is 99.5 cm³/mol. The number of benzene rings is 2. The molecule has 0 fully saturated rings. The van der Waals surface area contributed by atoms with E-state index >= 15 is 0 Å². The van der Waals surface area contributed by atoms with Gasteiger partial charge in [-0.25, -0.2) is 0 Å². The number of aromatic nitrogens is 1. The van der Waals surface area contributed by atoms with Crippen LogP contribution < -0.4 is 0 Å². The van der Waals surface area contributed by atoms with Gasteiger partial charge in [-0.05, 0) is 46.2 Å². The van der Waals surface area contributed by atoms with Gasteiger partial charge in [0.25, 0.3) is 0 Å². The van der Waals surface area contributed by atoms with Crippen LogP contribution in [0.2, 0.25) is 0 Å². The van der Waals surface area contributed by atoms with Gasteiger partial charge < -0.3 is 0 Å². The maximum absolute atomic E-state index is 12.5. The van der Waals surface area contributed by atoms with E-state index < -0.39 is 0 Å². The molecule has 4 aromatic rings. The molecule has 0 unspecified atom stereocenters. The maximum atomic E-state index is 12.5. The molecular weight excluding hydrogens is 314 g/mol. The number of carbonyl (C=O) groups is 1. The molecule has 0 saturated heterocycles. The van der Waals surface area contributed by atoms with Crippen molar-refractivity contribution < 1.29 is 4.79 Å². The van der Waals surface area contributed by atoms with Gasteiger partial charge in [0.2, 0.25) is 0 Å². The minimum Gasteiger partial charge on any atom is -0.293 e. The highest BCUT2D eigenvalue weighted by molar-refractivity contribution is 7.17. The van der Waals surface area contributed by atoms with Crippen molar-refractivity contribution >= 4 is 27.9 Å². The van der Waals surface area contributed by atoms with Crippen molar-refractivity contribution in [2.45, 2.75) is 6.42 Å². The topological polar surface area (TPSA) is 30.0 Å². The molecule has 0 atom stereocenters. The summed E-state index contributed by atoms with van der Waals surface area (Å²) in [5, 5.41) is 2.44. The van der Waals surface area contributed by atoms with Crippen molar-refractivity contribution in [1.29, 1.82) is 0 Å². The molecule has 2 aromatic heterocycles. The number of thiophene rings is 1. The molecule has 0 amide bonds. The number of carbonyl (C=O) groups excluding carboxylic acids is 1. The Morgan fingerprint density at radius 1 is 0.917 bits per heavy atom. The highest BCUT2D eigenvalue weighted by atomic mass is 32.1. The molecule has 0 aliphatic rings. The van der Waals surface area contributed by atoms with E-state index in [1.165, 1.54) is 10.8 Å². The molecule has 0 aliphatic carbocycles. The zero-order valence-corrected chi connectivity index (χ0v) is 13.8. The summed E-state index contributed by atoms with van der Waals surface area (Å²) in [4.78, 5) is 18.4. The molecule has 2 heterocycles. The van der Waals surface area contributed by atoms with E-state index in [-0.39, 0.29) is 5.78 Å². The van der Waals surface area contributed by atoms with Crippen LogP contribution in [0.15, 0.2) is 79.1 Å². The van der Waals surface area contributed by atoms with Crippen molar-refractivity contribution in [3.05, 3.63) is 89.6 Å². The molecule has 0 radical (unpaired) electrons. The van der Waals surface area contributed by atoms with Crippen molar-refractivity contribution in [1.82, 2.24) is 4.98 Å². The number of fused-ring (bicyclic) bond motifs is 1. The SMILES string of the molecule is O=C(Cc1cccnc1)c1ccc(-c2ccc3ccccc3c2)s1. The van der Waals surface area contributed by atoms with Gasteiger partial charge in [0.15, 0.2) is 5.78 Å². The summed E-state index contributed by atoms with van der Waals surface area (Å²) >= 11 is 1.55. The fraction of sp³-hybridized carbons (Fsp3) is 0.0476. The van der Waals surface area contributed by atoms with Gasteiger partial charge >= 0.3 is 0 Å². The Morgan fingerprint density at radius 2 is 1.79 bits per heavy atom. The first-order valence-corrected chi connectivity index (χ1v) is 8.62. The third-order valence-corrected chi connectivity index (χ3v) is 5.18. The van der Waals surface area contributed by atoms with E-state index in [2.05, 4.69) is 35.3 Å². The monoisotopic (exact) mass is 329 g/mol. The van der Waals surface area contributed by atoms with Crippen LogP contribution >= 0.6 is 11.3 Å². The maximum Gasteiger partial charge on any atom is 0.177 e. The van der Waals surface area contributed by atoms with Crippen LogP contribution in [0.25, 0.3) is 21.2 Å². The molecule has 0 spiro atoms. The fourth-order valence-electron chi connectivity index (χ4n) is 2.76. The zero-order valence-electron chi connectivity index (χ0n) is 13.0. The van der Waals surface area contributed by atoms with Crippen molar-refractivity contribution in [3.8, 4) is 10.4 Å². The van der Waals surface area contributed by atoms with E-state index in [9.17, 15) is 4.79 Å². The average molecular weight is 329 g/mol. The van der Waals surface area contributed by atoms with Gasteiger partial charge in [0.1, 0.15) is 0 Å². The third-order valence-electron chi connectivity index (χ3n) is 4.00. The first-order valence-electron chi connectivity index (χ1n) is 7.81. The van der Waals surface area contributed by atoms with Gasteiger partial charge in [0.05, 0.1) is 4.88 Å². The Kier molecular flexibility index (Phi) is 3.93. The fourth-order valence-corrected chi connectivity index (χ4v) is 3.70. The molecule has 0 aliphatic heterocycles. The Balaban J connectivity index is 1.60. The van der Waals surface area contributed by atoms with Gasteiger partial charge in [-0.2, -0.15) is 0 Å². The molecule has 24 heavy (non-hydrogen) atoms. The summed E-state index contributed by atoms with van der Waals surface area (Å²) in [5.41, 5.74) is 2.10. The average Bonchev–Trinajstić information content (AvgIpc) is 3.12. The second-order valence-electron chi connectivity index (χ2n) is 5.69. The van der Waals surface area contributed by atoms with E-state index in [1.54, 1.807) is 23.7 Å². The first-order chi connectivity index (χ1) is 11.8. The van der Waals surface area contributed by atoms with Gasteiger partial charge in [-0.3, -0.25) is 9.78 Å². The van der Waals surface area contributed by atoms with Crippen LogP contribution in [0.4, 0.5) is 0 Å². The van der Waals surface area contributed by atoms with E-state index in [0.29, 0.717) is 6.42 Å². The van der Waals surface area contributed by atoms with E-state index in [4.69, 9.17) is 0 Å². The van der Waals surface area contributed by atoms with Crippen molar-refractivity contribution in [2.75, 3.05) is 0 Å². The van der Waals surface area contributed by atoms with E-state index in [0.717, 1.165) is 20.9 Å². The van der Waals surface area contributed by atoms with Gasteiger partial charge in [-0.1, -0.05) is 42.5 Å². The quantitative estimate of drug-likeness (QED) is 0.470. The molecule has 116 valence electrons. The number of nitrogens with zero attached hydrogens (tertiary/aromatic N) is 1. The zero-order chi connectivity index (χ0) is 16.4. The van der Waals surface area contributed by atoms with Crippen LogP contribution in [0, 0.1) is 0 Å². The summed E-state index contributed by atoms with van der Waals surface area (Å²) in [5.74, 6) is 0.139. The lowest BCUT2D eigenvalue weighted by Crippen LogP contribution is -2.00. The number of Topliss-reactive ketones (excluding diaryl/α,β-unsaturated/α-hetero) is 1. The summed E-state index contributed by atoms with van der Waals surface area (Å²) < 4.78 is 0. The number of ketones is 1. The molecular formula is C21H15NOS. The van der Waals surface area contributed by atoms with Crippen molar-refractivity contribution in [3.63, 3.8) is 0 Å². The minimum atomic E-state index is 0.139. The standard InChI is InChI=1S/C21H15NOS/c23-19(12-15-4-3-11-22-14-15)21-10-9-20(24-21)18-8-7-16-5-1-2-6-17(16)13-18/h1-11,13-14H,12H2.